The molecule has 0 saturated carbocycles. The number of halogens is 1. The number of urea groups is 1. The van der Waals surface area contributed by atoms with Gasteiger partial charge in [0.15, 0.2) is 0 Å². The molecule has 1 aliphatic rings. The Balaban J connectivity index is 1.53. The smallest absolute Gasteiger partial charge is 0.317 e. The molecular weight excluding hydrogens is 316 g/mol. The van der Waals surface area contributed by atoms with Crippen molar-refractivity contribution in [3.05, 3.63) is 29.3 Å². The zero-order chi connectivity index (χ0) is 16.5. The first-order valence-electron chi connectivity index (χ1n) is 8.14. The van der Waals surface area contributed by atoms with Crippen molar-refractivity contribution in [3.63, 3.8) is 0 Å². The number of carbonyl (C=O) groups is 1. The van der Waals surface area contributed by atoms with Crippen LogP contribution in [-0.4, -0.2) is 50.4 Å². The van der Waals surface area contributed by atoms with E-state index in [1.807, 2.05) is 7.05 Å². The minimum absolute atomic E-state index is 0.0722. The first-order valence-corrected chi connectivity index (χ1v) is 8.52. The van der Waals surface area contributed by atoms with Crippen LogP contribution in [0.3, 0.4) is 0 Å². The van der Waals surface area contributed by atoms with E-state index in [9.17, 15) is 4.79 Å². The highest BCUT2D eigenvalue weighted by Gasteiger charge is 2.15. The Morgan fingerprint density at radius 1 is 1.43 bits per heavy atom. The van der Waals surface area contributed by atoms with Crippen molar-refractivity contribution in [1.29, 1.82) is 0 Å². The van der Waals surface area contributed by atoms with Gasteiger partial charge in [-0.1, -0.05) is 11.6 Å². The quantitative estimate of drug-likeness (QED) is 0.738. The molecule has 1 aliphatic heterocycles. The van der Waals surface area contributed by atoms with Crippen LogP contribution >= 0.6 is 11.6 Å². The van der Waals surface area contributed by atoms with Gasteiger partial charge in [-0.3, -0.25) is 0 Å². The van der Waals surface area contributed by atoms with E-state index < -0.39 is 0 Å². The summed E-state index contributed by atoms with van der Waals surface area (Å²) in [5.74, 6) is 0.744. The molecule has 0 unspecified atom stereocenters. The first-order chi connectivity index (χ1) is 11.1. The molecule has 128 valence electrons. The van der Waals surface area contributed by atoms with Gasteiger partial charge in [-0.15, -0.1) is 0 Å². The average Bonchev–Trinajstić information content (AvgIpc) is 3.06. The summed E-state index contributed by atoms with van der Waals surface area (Å²) in [6.45, 7) is 2.52. The lowest BCUT2D eigenvalue weighted by Gasteiger charge is -2.19. The summed E-state index contributed by atoms with van der Waals surface area (Å²) >= 11 is 5.81. The lowest BCUT2D eigenvalue weighted by atomic mass is 10.1. The lowest BCUT2D eigenvalue weighted by molar-refractivity contribution is 0.100. The van der Waals surface area contributed by atoms with Gasteiger partial charge in [-0.05, 0) is 49.9 Å². The van der Waals surface area contributed by atoms with E-state index in [0.717, 1.165) is 44.6 Å². The monoisotopic (exact) mass is 340 g/mol. The van der Waals surface area contributed by atoms with Crippen LogP contribution in [0.2, 0.25) is 5.02 Å². The predicted octanol–water partition coefficient (Wildman–Crippen LogP) is 3.32. The number of ether oxygens (including phenoxy) is 2. The van der Waals surface area contributed by atoms with E-state index in [4.69, 9.17) is 21.1 Å². The normalized spacial score (nSPS) is 17.0. The molecule has 1 fully saturated rings. The molecule has 1 saturated heterocycles. The second kappa shape index (κ2) is 9.63. The van der Waals surface area contributed by atoms with Crippen LogP contribution < -0.4 is 10.1 Å². The summed E-state index contributed by atoms with van der Waals surface area (Å²) in [6, 6.07) is 7.09. The van der Waals surface area contributed by atoms with Gasteiger partial charge in [0, 0.05) is 25.2 Å². The lowest BCUT2D eigenvalue weighted by Crippen LogP contribution is -2.39. The minimum Gasteiger partial charge on any atom is -0.492 e. The first kappa shape index (κ1) is 17.9. The Bertz CT molecular complexity index is 475. The van der Waals surface area contributed by atoms with Crippen LogP contribution in [0, 0.1) is 0 Å². The number of nitrogens with zero attached hydrogens (tertiary/aromatic N) is 1. The van der Waals surface area contributed by atoms with Gasteiger partial charge in [0.25, 0.3) is 0 Å². The van der Waals surface area contributed by atoms with Gasteiger partial charge in [-0.25, -0.2) is 4.79 Å². The van der Waals surface area contributed by atoms with Gasteiger partial charge < -0.3 is 19.7 Å². The second-order valence-corrected chi connectivity index (χ2v) is 6.17. The highest BCUT2D eigenvalue weighted by Crippen LogP contribution is 2.17. The third kappa shape index (κ3) is 6.67. The van der Waals surface area contributed by atoms with Crippen molar-refractivity contribution in [2.24, 2.45) is 0 Å². The average molecular weight is 341 g/mol. The Hall–Kier alpha value is -1.46. The fourth-order valence-corrected chi connectivity index (χ4v) is 2.65. The SMILES string of the molecule is CN(CCC[C@@H]1CCCO1)C(=O)NCCOc1ccc(Cl)cc1. The maximum Gasteiger partial charge on any atom is 0.317 e. The number of hydrogen-bond acceptors (Lipinski definition) is 3. The van der Waals surface area contributed by atoms with Crippen LogP contribution in [0.25, 0.3) is 0 Å². The number of rotatable bonds is 8. The van der Waals surface area contributed by atoms with E-state index in [0.29, 0.717) is 24.3 Å². The molecule has 23 heavy (non-hydrogen) atoms. The molecule has 6 heteroatoms. The van der Waals surface area contributed by atoms with E-state index in [1.165, 1.54) is 0 Å². The molecule has 1 aromatic rings. The molecule has 1 aromatic carbocycles. The van der Waals surface area contributed by atoms with Crippen LogP contribution in [0.15, 0.2) is 24.3 Å². The highest BCUT2D eigenvalue weighted by atomic mass is 35.5. The molecule has 2 rings (SSSR count). The second-order valence-electron chi connectivity index (χ2n) is 5.73. The Morgan fingerprint density at radius 2 is 2.22 bits per heavy atom. The number of benzene rings is 1. The molecule has 2 amide bonds. The van der Waals surface area contributed by atoms with Gasteiger partial charge in [-0.2, -0.15) is 0 Å². The topological polar surface area (TPSA) is 50.8 Å². The number of hydrogen-bond donors (Lipinski definition) is 1. The Labute approximate surface area is 142 Å². The molecule has 0 bridgehead atoms. The van der Waals surface area contributed by atoms with Crippen molar-refractivity contribution in [2.75, 3.05) is 33.4 Å². The molecule has 1 N–H and O–H groups in total. The molecule has 0 spiro atoms. The minimum atomic E-state index is -0.0722. The van der Waals surface area contributed by atoms with E-state index >= 15 is 0 Å². The van der Waals surface area contributed by atoms with Crippen LogP contribution in [0.5, 0.6) is 5.75 Å². The van der Waals surface area contributed by atoms with Crippen molar-refractivity contribution >= 4 is 17.6 Å². The summed E-state index contributed by atoms with van der Waals surface area (Å²) in [4.78, 5) is 13.6. The van der Waals surface area contributed by atoms with Crippen molar-refractivity contribution in [2.45, 2.75) is 31.8 Å². The third-order valence-electron chi connectivity index (χ3n) is 3.85. The number of amides is 2. The molecule has 5 nitrogen and oxygen atoms in total. The fourth-order valence-electron chi connectivity index (χ4n) is 2.52. The maximum absolute atomic E-state index is 11.9. The predicted molar refractivity (Wildman–Crippen MR) is 91.2 cm³/mol. The van der Waals surface area contributed by atoms with E-state index in [1.54, 1.807) is 29.2 Å². The third-order valence-corrected chi connectivity index (χ3v) is 4.10. The highest BCUT2D eigenvalue weighted by molar-refractivity contribution is 6.30. The zero-order valence-corrected chi connectivity index (χ0v) is 14.3. The molecule has 1 heterocycles. The number of nitrogens with one attached hydrogen (secondary N) is 1. The standard InChI is InChI=1S/C17H25ClN2O3/c1-20(11-2-4-15-5-3-12-22-15)17(21)19-10-13-23-16-8-6-14(18)7-9-16/h6-9,15H,2-5,10-13H2,1H3,(H,19,21)/t15-/m1/s1. The summed E-state index contributed by atoms with van der Waals surface area (Å²) in [5.41, 5.74) is 0. The van der Waals surface area contributed by atoms with Gasteiger partial charge in [0.2, 0.25) is 0 Å². The van der Waals surface area contributed by atoms with E-state index in [-0.39, 0.29) is 6.03 Å². The molecule has 0 aromatic heterocycles. The van der Waals surface area contributed by atoms with Gasteiger partial charge in [0.05, 0.1) is 12.6 Å². The largest absolute Gasteiger partial charge is 0.492 e. The van der Waals surface area contributed by atoms with Crippen LogP contribution in [0.1, 0.15) is 25.7 Å². The zero-order valence-electron chi connectivity index (χ0n) is 13.6. The summed E-state index contributed by atoms with van der Waals surface area (Å²) < 4.78 is 11.1. The van der Waals surface area contributed by atoms with E-state index in [2.05, 4.69) is 5.32 Å². The van der Waals surface area contributed by atoms with Crippen molar-refractivity contribution < 1.29 is 14.3 Å². The maximum atomic E-state index is 11.9. The van der Waals surface area contributed by atoms with Crippen molar-refractivity contribution in [1.82, 2.24) is 10.2 Å². The fraction of sp³-hybridized carbons (Fsp3) is 0.588. The Morgan fingerprint density at radius 3 is 2.91 bits per heavy atom. The summed E-state index contributed by atoms with van der Waals surface area (Å²) in [6.07, 6.45) is 4.69. The molecule has 0 aliphatic carbocycles. The van der Waals surface area contributed by atoms with Gasteiger partial charge in [0.1, 0.15) is 12.4 Å². The van der Waals surface area contributed by atoms with Crippen LogP contribution in [-0.2, 0) is 4.74 Å². The molecule has 1 atom stereocenters. The Kier molecular flexibility index (Phi) is 7.49. The molecular formula is C17H25ClN2O3. The summed E-state index contributed by atoms with van der Waals surface area (Å²) in [7, 11) is 1.81. The summed E-state index contributed by atoms with van der Waals surface area (Å²) in [5, 5.41) is 3.52. The molecule has 0 radical (unpaired) electrons. The van der Waals surface area contributed by atoms with Crippen LogP contribution in [0.4, 0.5) is 4.79 Å². The van der Waals surface area contributed by atoms with Gasteiger partial charge >= 0.3 is 6.03 Å². The number of carbonyl (C=O) groups excluding carboxylic acids is 1. The van der Waals surface area contributed by atoms with Crippen molar-refractivity contribution in [3.8, 4) is 5.75 Å².